The second-order valence-electron chi connectivity index (χ2n) is 5.17. The first-order valence-corrected chi connectivity index (χ1v) is 8.05. The van der Waals surface area contributed by atoms with Gasteiger partial charge in [0.15, 0.2) is 0 Å². The Bertz CT molecular complexity index is 329. The van der Waals surface area contributed by atoms with Crippen molar-refractivity contribution in [2.75, 3.05) is 12.9 Å². The Hall–Kier alpha value is -0.470. The molecule has 0 saturated heterocycles. The Morgan fingerprint density at radius 2 is 1.78 bits per heavy atom. The van der Waals surface area contributed by atoms with Crippen LogP contribution >= 0.6 is 11.8 Å². The molecule has 0 heterocycles. The first kappa shape index (κ1) is 15.6. The molecular weight excluding hydrogens is 240 g/mol. The Morgan fingerprint density at radius 3 is 2.33 bits per heavy atom. The smallest absolute Gasteiger partial charge is 0.0716 e. The lowest BCUT2D eigenvalue weighted by Gasteiger charge is -2.22. The molecule has 0 radical (unpaired) electrons. The summed E-state index contributed by atoms with van der Waals surface area (Å²) in [6.07, 6.45) is 5.85. The SMILES string of the molecule is CCCCCOCc1ccc(C(C)(C)SC)cc1. The fourth-order valence-electron chi connectivity index (χ4n) is 1.76. The van der Waals surface area contributed by atoms with Crippen molar-refractivity contribution in [2.45, 2.75) is 51.4 Å². The fraction of sp³-hybridized carbons (Fsp3) is 0.625. The molecule has 2 heteroatoms. The Labute approximate surface area is 116 Å². The minimum absolute atomic E-state index is 0.195. The van der Waals surface area contributed by atoms with Crippen LogP contribution in [0.3, 0.4) is 0 Å². The van der Waals surface area contributed by atoms with Gasteiger partial charge in [0.1, 0.15) is 0 Å². The molecule has 0 saturated carbocycles. The molecule has 1 nitrogen and oxygen atoms in total. The van der Waals surface area contributed by atoms with Crippen molar-refractivity contribution in [1.29, 1.82) is 0 Å². The van der Waals surface area contributed by atoms with E-state index in [0.29, 0.717) is 0 Å². The van der Waals surface area contributed by atoms with Gasteiger partial charge in [0.2, 0.25) is 0 Å². The summed E-state index contributed by atoms with van der Waals surface area (Å²) < 4.78 is 5.86. The minimum Gasteiger partial charge on any atom is -0.377 e. The van der Waals surface area contributed by atoms with Gasteiger partial charge in [-0.05, 0) is 37.7 Å². The highest BCUT2D eigenvalue weighted by Crippen LogP contribution is 2.33. The van der Waals surface area contributed by atoms with Crippen molar-refractivity contribution in [1.82, 2.24) is 0 Å². The number of unbranched alkanes of at least 4 members (excludes halogenated alkanes) is 2. The predicted octanol–water partition coefficient (Wildman–Crippen LogP) is 4.99. The summed E-state index contributed by atoms with van der Waals surface area (Å²) in [5.74, 6) is 0. The largest absolute Gasteiger partial charge is 0.377 e. The maximum Gasteiger partial charge on any atom is 0.0716 e. The highest BCUT2D eigenvalue weighted by atomic mass is 32.2. The first-order valence-electron chi connectivity index (χ1n) is 6.82. The predicted molar refractivity (Wildman–Crippen MR) is 82.2 cm³/mol. The second-order valence-corrected chi connectivity index (χ2v) is 6.60. The van der Waals surface area contributed by atoms with E-state index in [4.69, 9.17) is 4.74 Å². The summed E-state index contributed by atoms with van der Waals surface area (Å²) in [4.78, 5) is 0. The minimum atomic E-state index is 0.195. The highest BCUT2D eigenvalue weighted by Gasteiger charge is 2.18. The number of thioether (sulfide) groups is 1. The molecule has 0 amide bonds. The summed E-state index contributed by atoms with van der Waals surface area (Å²) in [6, 6.07) is 8.82. The van der Waals surface area contributed by atoms with Crippen LogP contribution in [-0.4, -0.2) is 12.9 Å². The molecule has 0 bridgehead atoms. The third-order valence-electron chi connectivity index (χ3n) is 3.32. The number of hydrogen-bond acceptors (Lipinski definition) is 2. The van der Waals surface area contributed by atoms with E-state index < -0.39 is 0 Å². The van der Waals surface area contributed by atoms with E-state index in [0.717, 1.165) is 13.2 Å². The van der Waals surface area contributed by atoms with Crippen LogP contribution in [0, 0.1) is 0 Å². The van der Waals surface area contributed by atoms with Gasteiger partial charge in [0.25, 0.3) is 0 Å². The topological polar surface area (TPSA) is 9.23 Å². The van der Waals surface area contributed by atoms with Crippen molar-refractivity contribution in [3.8, 4) is 0 Å². The molecule has 0 fully saturated rings. The van der Waals surface area contributed by atoms with Gasteiger partial charge in [0.05, 0.1) is 6.61 Å². The van der Waals surface area contributed by atoms with E-state index in [1.54, 1.807) is 0 Å². The molecule has 1 rings (SSSR count). The number of ether oxygens (including phenoxy) is 1. The van der Waals surface area contributed by atoms with Gasteiger partial charge in [-0.3, -0.25) is 0 Å². The molecule has 0 aliphatic rings. The third-order valence-corrected chi connectivity index (χ3v) is 4.58. The van der Waals surface area contributed by atoms with Crippen LogP contribution in [-0.2, 0) is 16.1 Å². The summed E-state index contributed by atoms with van der Waals surface area (Å²) in [5.41, 5.74) is 2.65. The van der Waals surface area contributed by atoms with Crippen LogP contribution in [0.15, 0.2) is 24.3 Å². The first-order chi connectivity index (χ1) is 8.60. The standard InChI is InChI=1S/C16H26OS/c1-5-6-7-12-17-13-14-8-10-15(11-9-14)16(2,3)18-4/h8-11H,5-7,12-13H2,1-4H3. The average Bonchev–Trinajstić information content (AvgIpc) is 2.39. The zero-order chi connectivity index (χ0) is 13.4. The molecule has 0 N–H and O–H groups in total. The highest BCUT2D eigenvalue weighted by molar-refractivity contribution is 7.99. The maximum atomic E-state index is 5.67. The molecule has 0 aliphatic carbocycles. The van der Waals surface area contributed by atoms with E-state index in [1.807, 2.05) is 11.8 Å². The van der Waals surface area contributed by atoms with Gasteiger partial charge >= 0.3 is 0 Å². The lowest BCUT2D eigenvalue weighted by atomic mass is 10.0. The van der Waals surface area contributed by atoms with Crippen LogP contribution in [0.1, 0.15) is 51.2 Å². The van der Waals surface area contributed by atoms with Gasteiger partial charge in [-0.25, -0.2) is 0 Å². The summed E-state index contributed by atoms with van der Waals surface area (Å²) >= 11 is 1.88. The molecule has 0 unspecified atom stereocenters. The Kier molecular flexibility index (Phi) is 6.80. The fourth-order valence-corrected chi connectivity index (χ4v) is 2.14. The van der Waals surface area contributed by atoms with Crippen molar-refractivity contribution in [3.05, 3.63) is 35.4 Å². The quantitative estimate of drug-likeness (QED) is 0.613. The third kappa shape index (κ3) is 5.03. The second kappa shape index (κ2) is 7.85. The van der Waals surface area contributed by atoms with Gasteiger partial charge in [-0.1, -0.05) is 44.0 Å². The molecule has 0 atom stereocenters. The Morgan fingerprint density at radius 1 is 1.11 bits per heavy atom. The van der Waals surface area contributed by atoms with Gasteiger partial charge in [-0.15, -0.1) is 0 Å². The van der Waals surface area contributed by atoms with E-state index in [9.17, 15) is 0 Å². The van der Waals surface area contributed by atoms with Crippen molar-refractivity contribution in [3.63, 3.8) is 0 Å². The van der Waals surface area contributed by atoms with E-state index in [1.165, 1.54) is 30.4 Å². The monoisotopic (exact) mass is 266 g/mol. The molecule has 18 heavy (non-hydrogen) atoms. The van der Waals surface area contributed by atoms with E-state index in [-0.39, 0.29) is 4.75 Å². The molecular formula is C16H26OS. The molecule has 1 aromatic rings. The van der Waals surface area contributed by atoms with Crippen LogP contribution in [0.5, 0.6) is 0 Å². The Balaban J connectivity index is 2.41. The van der Waals surface area contributed by atoms with Gasteiger partial charge < -0.3 is 4.74 Å². The normalized spacial score (nSPS) is 11.8. The zero-order valence-corrected chi connectivity index (χ0v) is 13.0. The summed E-state index contributed by atoms with van der Waals surface area (Å²) in [5, 5.41) is 0. The van der Waals surface area contributed by atoms with E-state index in [2.05, 4.69) is 51.3 Å². The van der Waals surface area contributed by atoms with Crippen molar-refractivity contribution < 1.29 is 4.74 Å². The van der Waals surface area contributed by atoms with Crippen molar-refractivity contribution in [2.24, 2.45) is 0 Å². The molecule has 102 valence electrons. The van der Waals surface area contributed by atoms with Crippen LogP contribution in [0.25, 0.3) is 0 Å². The lowest BCUT2D eigenvalue weighted by molar-refractivity contribution is 0.117. The summed E-state index contributed by atoms with van der Waals surface area (Å²) in [7, 11) is 0. The number of rotatable bonds is 8. The molecule has 0 spiro atoms. The maximum absolute atomic E-state index is 5.67. The van der Waals surface area contributed by atoms with Crippen LogP contribution in [0.4, 0.5) is 0 Å². The van der Waals surface area contributed by atoms with Crippen molar-refractivity contribution >= 4 is 11.8 Å². The van der Waals surface area contributed by atoms with Crippen LogP contribution < -0.4 is 0 Å². The van der Waals surface area contributed by atoms with E-state index >= 15 is 0 Å². The lowest BCUT2D eigenvalue weighted by Crippen LogP contribution is -2.10. The van der Waals surface area contributed by atoms with Gasteiger partial charge in [0, 0.05) is 11.4 Å². The molecule has 0 aromatic heterocycles. The van der Waals surface area contributed by atoms with Crippen LogP contribution in [0.2, 0.25) is 0 Å². The van der Waals surface area contributed by atoms with Gasteiger partial charge in [-0.2, -0.15) is 11.8 Å². The summed E-state index contributed by atoms with van der Waals surface area (Å²) in [6.45, 7) is 8.35. The molecule has 1 aromatic carbocycles. The number of benzene rings is 1. The number of hydrogen-bond donors (Lipinski definition) is 0. The average molecular weight is 266 g/mol. The zero-order valence-electron chi connectivity index (χ0n) is 12.2. The molecule has 0 aliphatic heterocycles.